The van der Waals surface area contributed by atoms with Crippen LogP contribution in [0, 0.1) is 0 Å². The van der Waals surface area contributed by atoms with Gasteiger partial charge in [0.15, 0.2) is 5.43 Å². The van der Waals surface area contributed by atoms with Gasteiger partial charge in [0.25, 0.3) is 0 Å². The van der Waals surface area contributed by atoms with E-state index in [1.807, 2.05) is 31.1 Å². The number of hydrogen-bond donors (Lipinski definition) is 1. The summed E-state index contributed by atoms with van der Waals surface area (Å²) in [5.74, 6) is -0.570. The van der Waals surface area contributed by atoms with Crippen molar-refractivity contribution in [2.45, 2.75) is 33.0 Å². The zero-order chi connectivity index (χ0) is 24.7. The number of thiazole rings is 1. The van der Waals surface area contributed by atoms with E-state index >= 15 is 0 Å². The maximum atomic E-state index is 12.6. The van der Waals surface area contributed by atoms with E-state index in [0.717, 1.165) is 54.5 Å². The van der Waals surface area contributed by atoms with Gasteiger partial charge >= 0.3 is 5.97 Å². The Morgan fingerprint density at radius 3 is 2.69 bits per heavy atom. The molecule has 2 aliphatic rings. The van der Waals surface area contributed by atoms with Crippen LogP contribution in [0.5, 0.6) is 5.75 Å². The van der Waals surface area contributed by atoms with E-state index in [4.69, 9.17) is 14.5 Å². The van der Waals surface area contributed by atoms with Gasteiger partial charge in [-0.15, -0.1) is 11.3 Å². The number of carboxylic acids is 1. The first-order valence-corrected chi connectivity index (χ1v) is 12.4. The molecule has 5 rings (SSSR count). The predicted octanol–water partition coefficient (Wildman–Crippen LogP) is 3.04. The topological polar surface area (TPSA) is 97.1 Å². The Morgan fingerprint density at radius 2 is 2.00 bits per heavy atom. The Bertz CT molecular complexity index is 1330. The largest absolute Gasteiger partial charge is 0.496 e. The zero-order valence-corrected chi connectivity index (χ0v) is 20.8. The quantitative estimate of drug-likeness (QED) is 0.556. The molecule has 1 saturated heterocycles. The molecule has 0 amide bonds. The monoisotopic (exact) mass is 496 g/mol. The minimum Gasteiger partial charge on any atom is -0.496 e. The first-order valence-electron chi connectivity index (χ1n) is 11.6. The fourth-order valence-corrected chi connectivity index (χ4v) is 5.57. The molecule has 1 N–H and O–H groups in total. The number of ether oxygens (including phenoxy) is 2. The number of aromatic nitrogens is 2. The van der Waals surface area contributed by atoms with E-state index in [0.29, 0.717) is 18.0 Å². The van der Waals surface area contributed by atoms with E-state index < -0.39 is 11.4 Å². The van der Waals surface area contributed by atoms with Crippen molar-refractivity contribution in [3.63, 3.8) is 0 Å². The molecule has 0 bridgehead atoms. The van der Waals surface area contributed by atoms with Crippen LogP contribution in [0.15, 0.2) is 35.4 Å². The summed E-state index contributed by atoms with van der Waals surface area (Å²) in [6.07, 6.45) is 3.35. The average Bonchev–Trinajstić information content (AvgIpc) is 3.30. The number of pyridine rings is 1. The Kier molecular flexibility index (Phi) is 6.35. The van der Waals surface area contributed by atoms with Crippen LogP contribution in [0.1, 0.15) is 34.6 Å². The van der Waals surface area contributed by atoms with Gasteiger partial charge < -0.3 is 19.6 Å². The Hall–Kier alpha value is -3.21. The number of hydrogen-bond acceptors (Lipinski definition) is 8. The van der Waals surface area contributed by atoms with Gasteiger partial charge in [0.1, 0.15) is 16.3 Å². The van der Waals surface area contributed by atoms with E-state index in [9.17, 15) is 14.7 Å². The number of benzene rings is 1. The van der Waals surface area contributed by atoms with Crippen LogP contribution in [-0.2, 0) is 17.8 Å². The van der Waals surface area contributed by atoms with Crippen molar-refractivity contribution in [1.82, 2.24) is 14.6 Å². The number of rotatable bonds is 6. The Balaban J connectivity index is 1.56. The highest BCUT2D eigenvalue weighted by atomic mass is 32.1. The SMILES string of the molecule is COc1cc2c(cc1-c1ncc(CN3CCOCC3)s1)CN(C(C)C)n1cc(C(=O)O)c(=O)cc1-2. The zero-order valence-electron chi connectivity index (χ0n) is 20.0. The third-order valence-corrected chi connectivity index (χ3v) is 7.45. The summed E-state index contributed by atoms with van der Waals surface area (Å²) >= 11 is 1.65. The van der Waals surface area contributed by atoms with Gasteiger partial charge in [-0.25, -0.2) is 9.78 Å². The van der Waals surface area contributed by atoms with E-state index in [1.54, 1.807) is 23.1 Å². The van der Waals surface area contributed by atoms with Gasteiger partial charge in [-0.2, -0.15) is 0 Å². The highest BCUT2D eigenvalue weighted by Crippen LogP contribution is 2.41. The van der Waals surface area contributed by atoms with Gasteiger partial charge in [0.05, 0.1) is 38.1 Å². The molecule has 4 heterocycles. The standard InChI is InChI=1S/C25H28N4O5S/c1-15(2)28-12-16-8-19(24-26-11-17(35-24)13-27-4-6-34-7-5-27)23(33-3)9-18(16)21-10-22(30)20(25(31)32)14-29(21)28/h8-11,14-15H,4-7,12-13H2,1-3H3,(H,31,32). The molecule has 1 aromatic carbocycles. The highest BCUT2D eigenvalue weighted by molar-refractivity contribution is 7.15. The van der Waals surface area contributed by atoms with E-state index in [2.05, 4.69) is 11.0 Å². The lowest BCUT2D eigenvalue weighted by Gasteiger charge is -2.38. The lowest BCUT2D eigenvalue weighted by Crippen LogP contribution is -2.44. The van der Waals surface area contributed by atoms with Gasteiger partial charge in [0, 0.05) is 54.6 Å². The number of carboxylic acid groups (broad SMARTS) is 1. The molecule has 184 valence electrons. The molecule has 0 unspecified atom stereocenters. The van der Waals surface area contributed by atoms with Crippen molar-refractivity contribution < 1.29 is 19.4 Å². The molecule has 35 heavy (non-hydrogen) atoms. The number of carbonyl (C=O) groups is 1. The van der Waals surface area contributed by atoms with Crippen molar-refractivity contribution in [2.75, 3.05) is 38.4 Å². The molecule has 10 heteroatoms. The molecule has 1 fully saturated rings. The Labute approximate surface area is 207 Å². The third-order valence-electron chi connectivity index (χ3n) is 6.44. The smallest absolute Gasteiger partial charge is 0.341 e. The third kappa shape index (κ3) is 4.44. The minimum absolute atomic E-state index is 0.0802. The highest BCUT2D eigenvalue weighted by Gasteiger charge is 2.28. The number of nitrogens with zero attached hydrogens (tertiary/aromatic N) is 4. The minimum atomic E-state index is -1.23. The molecule has 3 aromatic rings. The van der Waals surface area contributed by atoms with Crippen LogP contribution in [-0.4, -0.2) is 65.1 Å². The summed E-state index contributed by atoms with van der Waals surface area (Å²) in [4.78, 5) is 32.4. The number of fused-ring (bicyclic) bond motifs is 3. The summed E-state index contributed by atoms with van der Waals surface area (Å²) in [6, 6.07) is 5.49. The maximum Gasteiger partial charge on any atom is 0.341 e. The molecule has 2 aliphatic heterocycles. The second-order valence-electron chi connectivity index (χ2n) is 9.01. The fraction of sp³-hybridized carbons (Fsp3) is 0.400. The predicted molar refractivity (Wildman–Crippen MR) is 134 cm³/mol. The first kappa shape index (κ1) is 23.5. The fourth-order valence-electron chi connectivity index (χ4n) is 4.59. The van der Waals surface area contributed by atoms with Crippen molar-refractivity contribution in [3.8, 4) is 27.6 Å². The average molecular weight is 497 g/mol. The van der Waals surface area contributed by atoms with Crippen LogP contribution >= 0.6 is 11.3 Å². The van der Waals surface area contributed by atoms with Crippen molar-refractivity contribution in [2.24, 2.45) is 0 Å². The van der Waals surface area contributed by atoms with Crippen LogP contribution in [0.25, 0.3) is 21.8 Å². The van der Waals surface area contributed by atoms with Crippen molar-refractivity contribution >= 4 is 17.3 Å². The lowest BCUT2D eigenvalue weighted by atomic mass is 9.97. The summed E-state index contributed by atoms with van der Waals surface area (Å²) in [5.41, 5.74) is 2.67. The molecule has 2 aromatic heterocycles. The lowest BCUT2D eigenvalue weighted by molar-refractivity contribution is 0.0346. The van der Waals surface area contributed by atoms with Crippen molar-refractivity contribution in [3.05, 3.63) is 56.8 Å². The maximum absolute atomic E-state index is 12.6. The van der Waals surface area contributed by atoms with Crippen molar-refractivity contribution in [1.29, 1.82) is 0 Å². The van der Waals surface area contributed by atoms with E-state index in [1.165, 1.54) is 17.1 Å². The molecule has 0 radical (unpaired) electrons. The summed E-state index contributed by atoms with van der Waals surface area (Å²) < 4.78 is 13.0. The number of morpholine rings is 1. The second-order valence-corrected chi connectivity index (χ2v) is 10.1. The number of aromatic carboxylic acids is 1. The first-order chi connectivity index (χ1) is 16.9. The van der Waals surface area contributed by atoms with Crippen LogP contribution in [0.4, 0.5) is 0 Å². The summed E-state index contributed by atoms with van der Waals surface area (Å²) in [7, 11) is 1.62. The molecular formula is C25H28N4O5S. The van der Waals surface area contributed by atoms with Gasteiger partial charge in [0.2, 0.25) is 0 Å². The second kappa shape index (κ2) is 9.44. The van der Waals surface area contributed by atoms with E-state index in [-0.39, 0.29) is 11.6 Å². The van der Waals surface area contributed by atoms with Crippen LogP contribution < -0.4 is 15.2 Å². The molecular weight excluding hydrogens is 468 g/mol. The van der Waals surface area contributed by atoms with Crippen LogP contribution in [0.2, 0.25) is 0 Å². The summed E-state index contributed by atoms with van der Waals surface area (Å²) in [5, 5.41) is 12.4. The molecule has 9 nitrogen and oxygen atoms in total. The molecule has 0 saturated carbocycles. The van der Waals surface area contributed by atoms with Gasteiger partial charge in [-0.3, -0.25) is 14.4 Å². The van der Waals surface area contributed by atoms with Gasteiger partial charge in [-0.05, 0) is 31.5 Å². The Morgan fingerprint density at radius 1 is 1.23 bits per heavy atom. The molecule has 0 spiro atoms. The van der Waals surface area contributed by atoms with Gasteiger partial charge in [-0.1, -0.05) is 0 Å². The summed E-state index contributed by atoms with van der Waals surface area (Å²) in [6.45, 7) is 8.84. The molecule has 0 atom stereocenters. The number of methoxy groups -OCH3 is 1. The normalized spacial score (nSPS) is 15.7. The molecule has 0 aliphatic carbocycles. The van der Waals surface area contributed by atoms with Crippen LogP contribution in [0.3, 0.4) is 0 Å².